The third-order valence-electron chi connectivity index (χ3n) is 12.3. The molecule has 0 amide bonds. The van der Waals surface area contributed by atoms with Gasteiger partial charge in [-0.25, -0.2) is 0 Å². The van der Waals surface area contributed by atoms with Gasteiger partial charge in [0.2, 0.25) is 0 Å². The standard InChI is InChI=1S/C53H34S/c1-2-13-35-32(12-1)24-27-39(46-21-11-22-47-42-17-9-10-23-50(42)54-53(46)47)40-28-25-33(30-48(35)40)34-26-29-41-38-16-5-7-19-44(38)51-43-18-6-3-14-36(43)37-15-4-8-20-45(37)52(51)49(41)31-34/h1-23,25-26,28-31,39H,24,27H2. The van der Waals surface area contributed by atoms with Gasteiger partial charge in [0, 0.05) is 26.1 Å². The summed E-state index contributed by atoms with van der Waals surface area (Å²) in [5.74, 6) is 0.310. The van der Waals surface area contributed by atoms with Crippen LogP contribution in [-0.2, 0) is 6.42 Å². The normalized spacial score (nSPS) is 14.3. The smallest absolute Gasteiger partial charge is 0.0393 e. The van der Waals surface area contributed by atoms with Gasteiger partial charge >= 0.3 is 0 Å². The van der Waals surface area contributed by atoms with Crippen molar-refractivity contribution in [3.63, 3.8) is 0 Å². The highest BCUT2D eigenvalue weighted by Crippen LogP contribution is 2.48. The first-order valence-electron chi connectivity index (χ1n) is 19.1. The highest BCUT2D eigenvalue weighted by atomic mass is 32.1. The largest absolute Gasteiger partial charge is 0.135 e. The first-order valence-corrected chi connectivity index (χ1v) is 19.9. The molecule has 12 rings (SSSR count). The highest BCUT2D eigenvalue weighted by Gasteiger charge is 2.26. The van der Waals surface area contributed by atoms with Crippen molar-refractivity contribution in [2.75, 3.05) is 0 Å². The monoisotopic (exact) mass is 702 g/mol. The van der Waals surface area contributed by atoms with Crippen LogP contribution in [0.1, 0.15) is 29.0 Å². The van der Waals surface area contributed by atoms with Crippen LogP contribution >= 0.6 is 11.3 Å². The lowest BCUT2D eigenvalue weighted by Crippen LogP contribution is -2.02. The first kappa shape index (κ1) is 30.2. The summed E-state index contributed by atoms with van der Waals surface area (Å²) in [7, 11) is 0. The molecule has 1 unspecified atom stereocenters. The minimum atomic E-state index is 0.310. The molecule has 0 N–H and O–H groups in total. The van der Waals surface area contributed by atoms with E-state index in [1.54, 1.807) is 0 Å². The van der Waals surface area contributed by atoms with Crippen LogP contribution in [0.4, 0.5) is 0 Å². The minimum Gasteiger partial charge on any atom is -0.135 e. The fourth-order valence-corrected chi connectivity index (χ4v) is 11.2. The number of rotatable bonds is 2. The second-order valence-electron chi connectivity index (χ2n) is 15.0. The maximum atomic E-state index is 2.50. The molecule has 0 radical (unpaired) electrons. The Morgan fingerprint density at radius 2 is 0.926 bits per heavy atom. The van der Waals surface area contributed by atoms with Crippen LogP contribution in [0, 0.1) is 0 Å². The van der Waals surface area contributed by atoms with Crippen LogP contribution < -0.4 is 0 Å². The molecule has 11 aromatic rings. The van der Waals surface area contributed by atoms with Crippen LogP contribution in [0.2, 0.25) is 0 Å². The van der Waals surface area contributed by atoms with Gasteiger partial charge in [-0.3, -0.25) is 0 Å². The van der Waals surface area contributed by atoms with E-state index in [4.69, 9.17) is 0 Å². The predicted octanol–water partition coefficient (Wildman–Crippen LogP) is 15.2. The van der Waals surface area contributed by atoms with Crippen LogP contribution in [0.3, 0.4) is 0 Å². The summed E-state index contributed by atoms with van der Waals surface area (Å²) in [5.41, 5.74) is 9.58. The van der Waals surface area contributed by atoms with E-state index in [0.29, 0.717) is 5.92 Å². The van der Waals surface area contributed by atoms with E-state index < -0.39 is 0 Å². The molecule has 0 bridgehead atoms. The van der Waals surface area contributed by atoms with Crippen molar-refractivity contribution in [1.82, 2.24) is 0 Å². The molecule has 1 heterocycles. The summed E-state index contributed by atoms with van der Waals surface area (Å²) in [6.07, 6.45) is 2.15. The van der Waals surface area contributed by atoms with E-state index in [1.807, 2.05) is 11.3 Å². The molecule has 252 valence electrons. The molecule has 0 saturated carbocycles. The Morgan fingerprint density at radius 1 is 0.370 bits per heavy atom. The third-order valence-corrected chi connectivity index (χ3v) is 13.5. The molecule has 0 nitrogen and oxygen atoms in total. The lowest BCUT2D eigenvalue weighted by Gasteiger charge is -2.21. The van der Waals surface area contributed by atoms with Gasteiger partial charge in [-0.15, -0.1) is 11.3 Å². The van der Waals surface area contributed by atoms with Crippen LogP contribution in [-0.4, -0.2) is 0 Å². The van der Waals surface area contributed by atoms with Crippen molar-refractivity contribution in [2.24, 2.45) is 0 Å². The lowest BCUT2D eigenvalue weighted by molar-refractivity contribution is 0.731. The van der Waals surface area contributed by atoms with Gasteiger partial charge in [0.1, 0.15) is 0 Å². The number of hydrogen-bond acceptors (Lipinski definition) is 1. The second kappa shape index (κ2) is 11.6. The third kappa shape index (κ3) is 4.31. The maximum absolute atomic E-state index is 2.50. The summed E-state index contributed by atoms with van der Waals surface area (Å²) in [5, 5.41) is 15.9. The predicted molar refractivity (Wildman–Crippen MR) is 234 cm³/mol. The number of benzene rings is 10. The van der Waals surface area contributed by atoms with Crippen molar-refractivity contribution in [3.8, 4) is 22.3 Å². The molecule has 1 heteroatoms. The molecule has 54 heavy (non-hydrogen) atoms. The Bertz CT molecular complexity index is 3330. The average molecular weight is 703 g/mol. The molecule has 10 aromatic carbocycles. The van der Waals surface area contributed by atoms with Gasteiger partial charge in [0.15, 0.2) is 0 Å². The van der Waals surface area contributed by atoms with Crippen LogP contribution in [0.5, 0.6) is 0 Å². The average Bonchev–Trinajstić information content (AvgIpc) is 3.55. The van der Waals surface area contributed by atoms with Gasteiger partial charge < -0.3 is 0 Å². The fraction of sp³-hybridized carbons (Fsp3) is 0.0566. The molecule has 0 fully saturated rings. The number of aryl methyl sites for hydroxylation is 1. The van der Waals surface area contributed by atoms with E-state index in [9.17, 15) is 0 Å². The molecular formula is C53H34S. The molecule has 1 aromatic heterocycles. The minimum absolute atomic E-state index is 0.310. The first-order chi connectivity index (χ1) is 26.8. The molecule has 0 saturated heterocycles. The van der Waals surface area contributed by atoms with Gasteiger partial charge in [-0.05, 0) is 124 Å². The summed E-state index contributed by atoms with van der Waals surface area (Å²) < 4.78 is 2.79. The van der Waals surface area contributed by atoms with Gasteiger partial charge in [0.25, 0.3) is 0 Å². The summed E-state index contributed by atoms with van der Waals surface area (Å²) in [6, 6.07) is 66.5. The SMILES string of the molecule is c1ccc2c(c1)CCC(c1cccc3c1sc1ccccc13)c1ccc(-c3ccc4c5ccccc5c5c6ccccc6c6ccccc6c5c4c3)cc1-2. The van der Waals surface area contributed by atoms with E-state index >= 15 is 0 Å². The van der Waals surface area contributed by atoms with Crippen molar-refractivity contribution >= 4 is 85.4 Å². The fourth-order valence-electron chi connectivity index (χ4n) is 9.90. The van der Waals surface area contributed by atoms with E-state index in [1.165, 1.54) is 113 Å². The van der Waals surface area contributed by atoms with Gasteiger partial charge in [-0.1, -0.05) is 158 Å². The molecule has 0 aliphatic heterocycles. The highest BCUT2D eigenvalue weighted by molar-refractivity contribution is 7.26. The Hall–Kier alpha value is -6.28. The van der Waals surface area contributed by atoms with Crippen molar-refractivity contribution in [1.29, 1.82) is 0 Å². The van der Waals surface area contributed by atoms with E-state index in [2.05, 4.69) is 176 Å². The molecular weight excluding hydrogens is 669 g/mol. The second-order valence-corrected chi connectivity index (χ2v) is 16.1. The quantitative estimate of drug-likeness (QED) is 0.157. The molecule has 1 aliphatic rings. The molecule has 0 spiro atoms. The number of hydrogen-bond donors (Lipinski definition) is 0. The maximum Gasteiger partial charge on any atom is 0.0393 e. The molecule has 1 atom stereocenters. The van der Waals surface area contributed by atoms with E-state index in [-0.39, 0.29) is 0 Å². The topological polar surface area (TPSA) is 0 Å². The summed E-state index contributed by atoms with van der Waals surface area (Å²) in [4.78, 5) is 0. The Kier molecular flexibility index (Phi) is 6.49. The summed E-state index contributed by atoms with van der Waals surface area (Å²) >= 11 is 1.95. The zero-order valence-corrected chi connectivity index (χ0v) is 30.5. The van der Waals surface area contributed by atoms with Crippen LogP contribution in [0.25, 0.3) is 96.3 Å². The zero-order valence-electron chi connectivity index (χ0n) is 29.6. The lowest BCUT2D eigenvalue weighted by atomic mass is 9.83. The van der Waals surface area contributed by atoms with E-state index in [0.717, 1.165) is 12.8 Å². The van der Waals surface area contributed by atoms with Crippen LogP contribution in [0.15, 0.2) is 176 Å². The van der Waals surface area contributed by atoms with Crippen molar-refractivity contribution in [2.45, 2.75) is 18.8 Å². The number of thiophene rings is 1. The Balaban J connectivity index is 1.12. The van der Waals surface area contributed by atoms with Gasteiger partial charge in [0.05, 0.1) is 0 Å². The Morgan fingerprint density at radius 3 is 1.67 bits per heavy atom. The van der Waals surface area contributed by atoms with Crippen molar-refractivity contribution in [3.05, 3.63) is 193 Å². The Labute approximate surface area is 317 Å². The van der Waals surface area contributed by atoms with Gasteiger partial charge in [-0.2, -0.15) is 0 Å². The number of fused-ring (bicyclic) bond motifs is 17. The molecule has 1 aliphatic carbocycles. The van der Waals surface area contributed by atoms with Crippen molar-refractivity contribution < 1.29 is 0 Å². The summed E-state index contributed by atoms with van der Waals surface area (Å²) in [6.45, 7) is 0. The zero-order chi connectivity index (χ0) is 35.3.